The molecule has 21 heavy (non-hydrogen) atoms. The molecular formula is C14H23F3N2O2. The molecule has 0 aromatic rings. The maximum Gasteiger partial charge on any atom is 0.404 e. The van der Waals surface area contributed by atoms with Crippen LogP contribution in [0.1, 0.15) is 39.0 Å². The molecule has 1 amide bonds. The average molecular weight is 308 g/mol. The van der Waals surface area contributed by atoms with Crippen LogP contribution in [-0.2, 0) is 9.53 Å². The van der Waals surface area contributed by atoms with Crippen LogP contribution in [-0.4, -0.2) is 43.4 Å². The Labute approximate surface area is 122 Å². The number of hydrogen-bond acceptors (Lipinski definition) is 3. The number of rotatable bonds is 8. The number of methoxy groups -OCH3 is 1. The second-order valence-corrected chi connectivity index (χ2v) is 6.13. The van der Waals surface area contributed by atoms with Crippen LogP contribution in [0.2, 0.25) is 0 Å². The molecule has 2 saturated carbocycles. The molecule has 3 atom stereocenters. The third-order valence-electron chi connectivity index (χ3n) is 4.04. The van der Waals surface area contributed by atoms with E-state index in [1.54, 1.807) is 14.0 Å². The summed E-state index contributed by atoms with van der Waals surface area (Å²) >= 11 is 0. The van der Waals surface area contributed by atoms with Gasteiger partial charge in [-0.05, 0) is 38.5 Å². The summed E-state index contributed by atoms with van der Waals surface area (Å²) in [6.45, 7) is 1.78. The van der Waals surface area contributed by atoms with E-state index in [2.05, 4.69) is 10.6 Å². The minimum atomic E-state index is -4.40. The second kappa shape index (κ2) is 6.52. The van der Waals surface area contributed by atoms with Gasteiger partial charge in [0, 0.05) is 13.2 Å². The number of alkyl halides is 3. The van der Waals surface area contributed by atoms with E-state index in [1.165, 1.54) is 0 Å². The number of ether oxygens (including phenoxy) is 1. The van der Waals surface area contributed by atoms with Crippen molar-refractivity contribution in [2.45, 2.75) is 69.4 Å². The fourth-order valence-corrected chi connectivity index (χ4v) is 2.61. The highest BCUT2D eigenvalue weighted by Gasteiger charge is 2.44. The molecule has 0 aliphatic heterocycles. The van der Waals surface area contributed by atoms with Crippen LogP contribution in [0.3, 0.4) is 0 Å². The molecule has 0 spiro atoms. The molecule has 0 bridgehead atoms. The van der Waals surface area contributed by atoms with Gasteiger partial charge in [0.2, 0.25) is 5.91 Å². The zero-order valence-electron chi connectivity index (χ0n) is 12.4. The first kappa shape index (κ1) is 16.5. The minimum absolute atomic E-state index is 0.0972. The highest BCUT2D eigenvalue weighted by Crippen LogP contribution is 2.35. The Morgan fingerprint density at radius 2 is 1.90 bits per heavy atom. The van der Waals surface area contributed by atoms with Crippen molar-refractivity contribution in [1.29, 1.82) is 0 Å². The van der Waals surface area contributed by atoms with Gasteiger partial charge in [-0.1, -0.05) is 0 Å². The van der Waals surface area contributed by atoms with Crippen LogP contribution in [0.25, 0.3) is 0 Å². The monoisotopic (exact) mass is 308 g/mol. The van der Waals surface area contributed by atoms with E-state index in [0.29, 0.717) is 5.92 Å². The third-order valence-corrected chi connectivity index (χ3v) is 4.04. The smallest absolute Gasteiger partial charge is 0.379 e. The Kier molecular flexibility index (Phi) is 5.14. The van der Waals surface area contributed by atoms with Crippen LogP contribution >= 0.6 is 0 Å². The van der Waals surface area contributed by atoms with Crippen LogP contribution in [0.5, 0.6) is 0 Å². The first-order valence-corrected chi connectivity index (χ1v) is 7.46. The van der Waals surface area contributed by atoms with Gasteiger partial charge < -0.3 is 15.4 Å². The maximum absolute atomic E-state index is 12.9. The Balaban J connectivity index is 1.83. The zero-order valence-corrected chi connectivity index (χ0v) is 12.4. The Hall–Kier alpha value is -0.820. The summed E-state index contributed by atoms with van der Waals surface area (Å²) in [5, 5.41) is 5.14. The molecule has 0 aromatic heterocycles. The van der Waals surface area contributed by atoms with Gasteiger partial charge in [-0.25, -0.2) is 0 Å². The number of carbonyl (C=O) groups is 1. The van der Waals surface area contributed by atoms with E-state index in [9.17, 15) is 18.0 Å². The highest BCUT2D eigenvalue weighted by atomic mass is 19.4. The van der Waals surface area contributed by atoms with E-state index in [1.807, 2.05) is 0 Å². The predicted octanol–water partition coefficient (Wildman–Crippen LogP) is 1.99. The van der Waals surface area contributed by atoms with Crippen LogP contribution in [0, 0.1) is 5.92 Å². The molecule has 2 fully saturated rings. The van der Waals surface area contributed by atoms with Gasteiger partial charge in [0.25, 0.3) is 0 Å². The van der Waals surface area contributed by atoms with E-state index in [0.717, 1.165) is 25.7 Å². The number of halogens is 3. The van der Waals surface area contributed by atoms with Gasteiger partial charge in [-0.2, -0.15) is 13.2 Å². The molecule has 2 aliphatic carbocycles. The maximum atomic E-state index is 12.9. The van der Waals surface area contributed by atoms with Gasteiger partial charge in [0.15, 0.2) is 0 Å². The fraction of sp³-hybridized carbons (Fsp3) is 0.929. The number of carbonyl (C=O) groups excluding carboxylic acids is 1. The van der Waals surface area contributed by atoms with Crippen molar-refractivity contribution >= 4 is 5.91 Å². The lowest BCUT2D eigenvalue weighted by molar-refractivity contribution is -0.162. The average Bonchev–Trinajstić information content (AvgIpc) is 3.22. The third kappa shape index (κ3) is 5.14. The van der Waals surface area contributed by atoms with E-state index in [-0.39, 0.29) is 18.2 Å². The molecular weight excluding hydrogens is 285 g/mol. The quantitative estimate of drug-likeness (QED) is 0.721. The van der Waals surface area contributed by atoms with Crippen molar-refractivity contribution in [2.24, 2.45) is 5.92 Å². The minimum Gasteiger partial charge on any atom is -0.379 e. The topological polar surface area (TPSA) is 50.4 Å². The van der Waals surface area contributed by atoms with Crippen molar-refractivity contribution in [1.82, 2.24) is 10.6 Å². The molecule has 0 saturated heterocycles. The lowest BCUT2D eigenvalue weighted by atomic mass is 10.1. The lowest BCUT2D eigenvalue weighted by Crippen LogP contribution is -2.49. The van der Waals surface area contributed by atoms with Gasteiger partial charge >= 0.3 is 6.18 Å². The predicted molar refractivity (Wildman–Crippen MR) is 71.7 cm³/mol. The summed E-state index contributed by atoms with van der Waals surface area (Å²) in [5.41, 5.74) is 0. The molecule has 0 aromatic carbocycles. The SMILES string of the molecule is COC(C1CC1)C(C)NC(=O)CC(NC1CC1)C(F)(F)F. The largest absolute Gasteiger partial charge is 0.404 e. The molecule has 0 heterocycles. The van der Waals surface area contributed by atoms with Crippen LogP contribution in [0.4, 0.5) is 13.2 Å². The molecule has 7 heteroatoms. The molecule has 0 radical (unpaired) electrons. The number of hydrogen-bond donors (Lipinski definition) is 2. The standard InChI is InChI=1S/C14H23F3N2O2/c1-8(13(21-2)9-3-4-9)18-12(20)7-11(14(15,16)17)19-10-5-6-10/h8-11,13,19H,3-7H2,1-2H3,(H,18,20). The van der Waals surface area contributed by atoms with Gasteiger partial charge in [0.05, 0.1) is 18.6 Å². The zero-order chi connectivity index (χ0) is 15.6. The molecule has 3 unspecified atom stereocenters. The number of amides is 1. The summed E-state index contributed by atoms with van der Waals surface area (Å²) in [7, 11) is 1.57. The van der Waals surface area contributed by atoms with Gasteiger partial charge in [-0.15, -0.1) is 0 Å². The normalized spacial score (nSPS) is 23.5. The van der Waals surface area contributed by atoms with Gasteiger partial charge in [0.1, 0.15) is 6.04 Å². The summed E-state index contributed by atoms with van der Waals surface area (Å²) in [4.78, 5) is 11.9. The van der Waals surface area contributed by atoms with Crippen molar-refractivity contribution in [3.05, 3.63) is 0 Å². The summed E-state index contributed by atoms with van der Waals surface area (Å²) in [6.07, 6.45) is -1.50. The van der Waals surface area contributed by atoms with E-state index >= 15 is 0 Å². The molecule has 4 nitrogen and oxygen atoms in total. The van der Waals surface area contributed by atoms with Crippen LogP contribution in [0.15, 0.2) is 0 Å². The summed E-state index contributed by atoms with van der Waals surface area (Å²) in [5.74, 6) is -0.172. The Morgan fingerprint density at radius 1 is 1.29 bits per heavy atom. The molecule has 2 aliphatic rings. The van der Waals surface area contributed by atoms with Gasteiger partial charge in [-0.3, -0.25) is 4.79 Å². The highest BCUT2D eigenvalue weighted by molar-refractivity contribution is 5.77. The first-order chi connectivity index (χ1) is 9.81. The Bertz CT molecular complexity index is 368. The fourth-order valence-electron chi connectivity index (χ4n) is 2.61. The number of nitrogens with one attached hydrogen (secondary N) is 2. The molecule has 2 rings (SSSR count). The van der Waals surface area contributed by atoms with Crippen molar-refractivity contribution in [3.63, 3.8) is 0 Å². The van der Waals surface area contributed by atoms with Crippen molar-refractivity contribution in [2.75, 3.05) is 7.11 Å². The van der Waals surface area contributed by atoms with Crippen molar-refractivity contribution in [3.8, 4) is 0 Å². The Morgan fingerprint density at radius 3 is 2.33 bits per heavy atom. The summed E-state index contributed by atoms with van der Waals surface area (Å²) < 4.78 is 44.0. The van der Waals surface area contributed by atoms with E-state index in [4.69, 9.17) is 4.74 Å². The first-order valence-electron chi connectivity index (χ1n) is 7.46. The van der Waals surface area contributed by atoms with Crippen LogP contribution < -0.4 is 10.6 Å². The molecule has 2 N–H and O–H groups in total. The lowest BCUT2D eigenvalue weighted by Gasteiger charge is -2.26. The second-order valence-electron chi connectivity index (χ2n) is 6.13. The van der Waals surface area contributed by atoms with E-state index < -0.39 is 24.5 Å². The van der Waals surface area contributed by atoms with Crippen molar-refractivity contribution < 1.29 is 22.7 Å². The summed E-state index contributed by atoms with van der Waals surface area (Å²) in [6, 6.07) is -2.14. The molecule has 122 valence electrons.